The predicted molar refractivity (Wildman–Crippen MR) is 65.7 cm³/mol. The van der Waals surface area contributed by atoms with E-state index >= 15 is 0 Å². The van der Waals surface area contributed by atoms with Gasteiger partial charge in [0, 0.05) is 29.1 Å². The molecular formula is C10H16ClN3O2S. The Morgan fingerprint density at radius 3 is 2.88 bits per heavy atom. The largest absolute Gasteiger partial charge is 0.318 e. The molecule has 1 unspecified atom stereocenters. The Morgan fingerprint density at radius 2 is 2.18 bits per heavy atom. The molecule has 0 radical (unpaired) electrons. The molecule has 1 aromatic rings. The maximum atomic E-state index is 11.4. The molecule has 1 fully saturated rings. The second-order valence-electron chi connectivity index (χ2n) is 4.44. The molecule has 5 nitrogen and oxygen atoms in total. The van der Waals surface area contributed by atoms with Crippen LogP contribution in [0.5, 0.6) is 0 Å². The van der Waals surface area contributed by atoms with Gasteiger partial charge in [0.05, 0.1) is 0 Å². The normalized spacial score (nSPS) is 23.5. The Labute approximate surface area is 106 Å². The van der Waals surface area contributed by atoms with Gasteiger partial charge in [0.1, 0.15) is 0 Å². The molecule has 1 saturated heterocycles. The van der Waals surface area contributed by atoms with Gasteiger partial charge in [-0.25, -0.2) is 13.4 Å². The van der Waals surface area contributed by atoms with Crippen molar-refractivity contribution in [3.05, 3.63) is 12.4 Å². The van der Waals surface area contributed by atoms with Crippen LogP contribution in [0.15, 0.2) is 17.6 Å². The summed E-state index contributed by atoms with van der Waals surface area (Å²) < 4.78 is 24.5. The fourth-order valence-electron chi connectivity index (χ4n) is 2.27. The highest BCUT2D eigenvalue weighted by Gasteiger charge is 2.24. The first kappa shape index (κ1) is 12.9. The number of aromatic nitrogens is 2. The summed E-state index contributed by atoms with van der Waals surface area (Å²) in [6.07, 6.45) is 6.13. The molecule has 1 aliphatic rings. The van der Waals surface area contributed by atoms with E-state index in [1.807, 2.05) is 0 Å². The third kappa shape index (κ3) is 3.00. The number of likely N-dealkylation sites (tertiary alicyclic amines) is 1. The van der Waals surface area contributed by atoms with Crippen molar-refractivity contribution in [2.24, 2.45) is 0 Å². The minimum Gasteiger partial charge on any atom is -0.318 e. The second kappa shape index (κ2) is 4.96. The molecule has 96 valence electrons. The van der Waals surface area contributed by atoms with Crippen LogP contribution < -0.4 is 0 Å². The summed E-state index contributed by atoms with van der Waals surface area (Å²) in [6, 6.07) is 0.172. The van der Waals surface area contributed by atoms with Gasteiger partial charge in [-0.2, -0.15) is 0 Å². The summed E-state index contributed by atoms with van der Waals surface area (Å²) in [5.41, 5.74) is 0. The molecule has 0 N–H and O–H groups in total. The van der Waals surface area contributed by atoms with Gasteiger partial charge >= 0.3 is 0 Å². The molecule has 1 aromatic heterocycles. The minimum absolute atomic E-state index is 0.0336. The third-order valence-corrected chi connectivity index (χ3v) is 4.33. The molecule has 0 bridgehead atoms. The first-order valence-corrected chi connectivity index (χ1v) is 7.95. The van der Waals surface area contributed by atoms with Crippen molar-refractivity contribution in [1.82, 2.24) is 14.5 Å². The van der Waals surface area contributed by atoms with Gasteiger partial charge in [0.15, 0.2) is 0 Å². The van der Waals surface area contributed by atoms with Gasteiger partial charge in [-0.1, -0.05) is 0 Å². The van der Waals surface area contributed by atoms with E-state index in [0.29, 0.717) is 0 Å². The highest BCUT2D eigenvalue weighted by molar-refractivity contribution is 8.13. The number of imidazole rings is 1. The molecular weight excluding hydrogens is 262 g/mol. The highest BCUT2D eigenvalue weighted by Crippen LogP contribution is 2.26. The van der Waals surface area contributed by atoms with E-state index < -0.39 is 9.05 Å². The zero-order chi connectivity index (χ0) is 12.5. The number of hydrogen-bond donors (Lipinski definition) is 0. The highest BCUT2D eigenvalue weighted by atomic mass is 35.7. The molecule has 0 spiro atoms. The van der Waals surface area contributed by atoms with Crippen molar-refractivity contribution in [2.45, 2.75) is 30.5 Å². The van der Waals surface area contributed by atoms with E-state index in [9.17, 15) is 8.42 Å². The van der Waals surface area contributed by atoms with E-state index in [0.717, 1.165) is 32.4 Å². The minimum atomic E-state index is -3.75. The van der Waals surface area contributed by atoms with E-state index in [4.69, 9.17) is 10.7 Å². The maximum Gasteiger partial charge on any atom is 0.295 e. The second-order valence-corrected chi connectivity index (χ2v) is 6.90. The Kier molecular flexibility index (Phi) is 3.75. The number of rotatable bonds is 2. The third-order valence-electron chi connectivity index (χ3n) is 3.17. The van der Waals surface area contributed by atoms with Crippen LogP contribution in [0.25, 0.3) is 0 Å². The topological polar surface area (TPSA) is 55.2 Å². The van der Waals surface area contributed by atoms with E-state index in [1.54, 1.807) is 10.8 Å². The van der Waals surface area contributed by atoms with Crippen LogP contribution in [-0.2, 0) is 9.05 Å². The first-order chi connectivity index (χ1) is 7.98. The zero-order valence-electron chi connectivity index (χ0n) is 9.71. The molecule has 0 aliphatic carbocycles. The molecule has 0 amide bonds. The fourth-order valence-corrected chi connectivity index (χ4v) is 3.27. The number of hydrogen-bond acceptors (Lipinski definition) is 4. The lowest BCUT2D eigenvalue weighted by molar-refractivity contribution is 0.338. The first-order valence-electron chi connectivity index (χ1n) is 5.64. The lowest BCUT2D eigenvalue weighted by Crippen LogP contribution is -2.19. The Hall–Kier alpha value is -0.590. The fraction of sp³-hybridized carbons (Fsp3) is 0.700. The quantitative estimate of drug-likeness (QED) is 0.768. The van der Waals surface area contributed by atoms with Crippen molar-refractivity contribution >= 4 is 19.7 Å². The maximum absolute atomic E-state index is 11.4. The molecule has 0 aromatic carbocycles. The smallest absolute Gasteiger partial charge is 0.295 e. The zero-order valence-corrected chi connectivity index (χ0v) is 11.3. The van der Waals surface area contributed by atoms with Crippen LogP contribution in [0.1, 0.15) is 25.3 Å². The van der Waals surface area contributed by atoms with Crippen LogP contribution in [0.4, 0.5) is 0 Å². The summed E-state index contributed by atoms with van der Waals surface area (Å²) >= 11 is 0. The van der Waals surface area contributed by atoms with E-state index in [-0.39, 0.29) is 11.2 Å². The summed E-state index contributed by atoms with van der Waals surface area (Å²) in [5.74, 6) is 0. The average molecular weight is 278 g/mol. The van der Waals surface area contributed by atoms with Gasteiger partial charge < -0.3 is 9.47 Å². The molecule has 1 atom stereocenters. The van der Waals surface area contributed by atoms with Gasteiger partial charge in [-0.15, -0.1) is 0 Å². The Bertz CT molecular complexity index is 485. The number of halogens is 1. The summed E-state index contributed by atoms with van der Waals surface area (Å²) in [6.45, 7) is 2.01. The SMILES string of the molecule is CN1CCCC(n2ccnc2S(=O)(=O)Cl)CC1. The van der Waals surface area contributed by atoms with Crippen molar-refractivity contribution < 1.29 is 8.42 Å². The van der Waals surface area contributed by atoms with Crippen LogP contribution in [0.2, 0.25) is 0 Å². The summed E-state index contributed by atoms with van der Waals surface area (Å²) in [5, 5.41) is -0.0336. The lowest BCUT2D eigenvalue weighted by atomic mass is 10.1. The summed E-state index contributed by atoms with van der Waals surface area (Å²) in [4.78, 5) is 6.10. The van der Waals surface area contributed by atoms with E-state index in [2.05, 4.69) is 16.9 Å². The van der Waals surface area contributed by atoms with Crippen LogP contribution >= 0.6 is 10.7 Å². The summed E-state index contributed by atoms with van der Waals surface area (Å²) in [7, 11) is 3.70. The van der Waals surface area contributed by atoms with Gasteiger partial charge in [0.2, 0.25) is 5.16 Å². The van der Waals surface area contributed by atoms with Crippen molar-refractivity contribution in [3.8, 4) is 0 Å². The van der Waals surface area contributed by atoms with Gasteiger partial charge in [0.25, 0.3) is 9.05 Å². The molecule has 2 heterocycles. The standard InChI is InChI=1S/C10H16ClN3O2S/c1-13-6-2-3-9(4-7-13)14-8-5-12-10(14)17(11,15)16/h5,8-9H,2-4,6-7H2,1H3. The van der Waals surface area contributed by atoms with Crippen molar-refractivity contribution in [2.75, 3.05) is 20.1 Å². The average Bonchev–Trinajstić information content (AvgIpc) is 2.63. The van der Waals surface area contributed by atoms with Crippen LogP contribution in [-0.4, -0.2) is 43.0 Å². The van der Waals surface area contributed by atoms with Crippen LogP contribution in [0.3, 0.4) is 0 Å². The molecule has 1 aliphatic heterocycles. The molecule has 7 heteroatoms. The predicted octanol–water partition coefficient (Wildman–Crippen LogP) is 1.47. The van der Waals surface area contributed by atoms with Gasteiger partial charge in [-0.05, 0) is 39.4 Å². The Balaban J connectivity index is 2.25. The van der Waals surface area contributed by atoms with E-state index in [1.165, 1.54) is 6.20 Å². The van der Waals surface area contributed by atoms with Crippen LogP contribution in [0, 0.1) is 0 Å². The molecule has 0 saturated carbocycles. The Morgan fingerprint density at radius 1 is 1.41 bits per heavy atom. The molecule has 2 rings (SSSR count). The lowest BCUT2D eigenvalue weighted by Gasteiger charge is -2.17. The molecule has 17 heavy (non-hydrogen) atoms. The van der Waals surface area contributed by atoms with Crippen molar-refractivity contribution in [1.29, 1.82) is 0 Å². The number of nitrogens with zero attached hydrogens (tertiary/aromatic N) is 3. The monoisotopic (exact) mass is 277 g/mol. The van der Waals surface area contributed by atoms with Crippen molar-refractivity contribution in [3.63, 3.8) is 0 Å². The van der Waals surface area contributed by atoms with Gasteiger partial charge in [-0.3, -0.25) is 0 Å².